The summed E-state index contributed by atoms with van der Waals surface area (Å²) in [5, 5.41) is 34.5. The molecule has 1 fully saturated rings. The van der Waals surface area contributed by atoms with Crippen molar-refractivity contribution in [3.05, 3.63) is 95.0 Å². The number of anilines is 3. The van der Waals surface area contributed by atoms with Gasteiger partial charge < -0.3 is 29.8 Å². The van der Waals surface area contributed by atoms with Gasteiger partial charge in [-0.15, -0.1) is 0 Å². The molecule has 226 valence electrons. The zero-order valence-electron chi connectivity index (χ0n) is 24.4. The number of methoxy groups -OCH3 is 1. The van der Waals surface area contributed by atoms with E-state index in [1.165, 1.54) is 4.90 Å². The highest BCUT2D eigenvalue weighted by atomic mass is 16.5. The number of benzene rings is 2. The number of hydrogen-bond acceptors (Lipinski definition) is 8. The molecule has 0 saturated carbocycles. The Labute approximate surface area is 251 Å². The van der Waals surface area contributed by atoms with E-state index in [-0.39, 0.29) is 38.1 Å². The fourth-order valence-corrected chi connectivity index (χ4v) is 6.29. The van der Waals surface area contributed by atoms with E-state index in [1.54, 1.807) is 31.4 Å². The van der Waals surface area contributed by atoms with Gasteiger partial charge >= 0.3 is 0 Å². The molecule has 1 aromatic heterocycles. The van der Waals surface area contributed by atoms with Crippen LogP contribution in [0.5, 0.6) is 0 Å². The van der Waals surface area contributed by atoms with Gasteiger partial charge in [0.15, 0.2) is 0 Å². The van der Waals surface area contributed by atoms with Crippen molar-refractivity contribution in [2.75, 3.05) is 30.5 Å². The molecule has 2 aromatic carbocycles. The van der Waals surface area contributed by atoms with E-state index in [1.807, 2.05) is 55.5 Å². The summed E-state index contributed by atoms with van der Waals surface area (Å²) < 4.78 is 11.0. The molecule has 2 heterocycles. The first-order valence-corrected chi connectivity index (χ1v) is 14.5. The molecule has 2 amide bonds. The first kappa shape index (κ1) is 30.4. The highest BCUT2D eigenvalue weighted by Crippen LogP contribution is 2.47. The predicted octanol–water partition coefficient (Wildman–Crippen LogP) is 4.82. The van der Waals surface area contributed by atoms with E-state index < -0.39 is 23.9 Å². The van der Waals surface area contributed by atoms with Crippen LogP contribution in [0.1, 0.15) is 37.7 Å². The monoisotopic (exact) mass is 586 g/mol. The predicted molar refractivity (Wildman–Crippen MR) is 163 cm³/mol. The third-order valence-electron chi connectivity index (χ3n) is 8.29. The first-order valence-electron chi connectivity index (χ1n) is 14.5. The molecule has 0 bridgehead atoms. The molecule has 9 nitrogen and oxygen atoms in total. The van der Waals surface area contributed by atoms with Gasteiger partial charge in [-0.1, -0.05) is 23.8 Å². The van der Waals surface area contributed by atoms with Crippen molar-refractivity contribution in [2.24, 2.45) is 17.8 Å². The lowest BCUT2D eigenvalue weighted by molar-refractivity contribution is -0.123. The largest absolute Gasteiger partial charge is 0.459 e. The molecular weight excluding hydrogens is 548 g/mol. The lowest BCUT2D eigenvalue weighted by Gasteiger charge is -2.36. The van der Waals surface area contributed by atoms with Gasteiger partial charge in [0.25, 0.3) is 0 Å². The van der Waals surface area contributed by atoms with Crippen molar-refractivity contribution in [2.45, 2.75) is 38.9 Å². The fourth-order valence-electron chi connectivity index (χ4n) is 6.29. The van der Waals surface area contributed by atoms with Crippen molar-refractivity contribution in [1.29, 1.82) is 0 Å². The summed E-state index contributed by atoms with van der Waals surface area (Å²) in [5.41, 5.74) is 4.51. The molecule has 2 aliphatic rings. The van der Waals surface area contributed by atoms with Crippen molar-refractivity contribution in [3.63, 3.8) is 0 Å². The molecule has 4 atom stereocenters. The molecule has 0 radical (unpaired) electrons. The van der Waals surface area contributed by atoms with Gasteiger partial charge in [0.05, 0.1) is 36.8 Å². The Morgan fingerprint density at radius 3 is 2.42 bits per heavy atom. The minimum absolute atomic E-state index is 0.178. The van der Waals surface area contributed by atoms with Crippen LogP contribution in [0.15, 0.2) is 87.9 Å². The Hall–Kier alpha value is -4.02. The molecule has 43 heavy (non-hydrogen) atoms. The average molecular weight is 587 g/mol. The number of fused-ring (bicyclic) bond motifs is 1. The number of carbonyl (C=O) groups is 2. The number of aliphatic hydroxyl groups is 3. The summed E-state index contributed by atoms with van der Waals surface area (Å²) in [6.07, 6.45) is 2.09. The van der Waals surface area contributed by atoms with Crippen molar-refractivity contribution >= 4 is 35.0 Å². The number of allylic oxidation sites excluding steroid dienone is 1. The van der Waals surface area contributed by atoms with E-state index in [9.17, 15) is 24.9 Å². The lowest BCUT2D eigenvalue weighted by Crippen LogP contribution is -2.39. The Kier molecular flexibility index (Phi) is 9.57. The quantitative estimate of drug-likeness (QED) is 0.175. The van der Waals surface area contributed by atoms with Crippen LogP contribution < -0.4 is 10.2 Å². The van der Waals surface area contributed by atoms with Crippen molar-refractivity contribution in [3.8, 4) is 0 Å². The third-order valence-corrected chi connectivity index (χ3v) is 8.29. The third kappa shape index (κ3) is 6.50. The van der Waals surface area contributed by atoms with Gasteiger partial charge in [0, 0.05) is 24.4 Å². The standard InChI is InChI=1S/C34H38N2O7/c1-21(16-26-13-14-27(18-37)43-26)8-15-30(39)31-22(20-42-2)17-28-32(29(31)19-38)34(41)36(33(28)40)25-11-9-24(10-12-25)35-23-6-4-3-5-7-23/h3-7,9-14,16,28-30,32,35,37-39H,8,15,17-20H2,1-2H3/b21-16+/t28-,29+,30-,32-/m1/s1. The minimum atomic E-state index is -0.934. The maximum absolute atomic E-state index is 13.8. The van der Waals surface area contributed by atoms with Crippen LogP contribution in [-0.2, 0) is 20.9 Å². The van der Waals surface area contributed by atoms with E-state index in [0.29, 0.717) is 35.6 Å². The molecule has 1 saturated heterocycles. The van der Waals surface area contributed by atoms with Crippen LogP contribution in [0.2, 0.25) is 0 Å². The number of carbonyl (C=O) groups excluding carboxylic acids is 2. The zero-order valence-corrected chi connectivity index (χ0v) is 24.4. The second-order valence-corrected chi connectivity index (χ2v) is 11.2. The number of nitrogens with zero attached hydrogens (tertiary/aromatic N) is 1. The van der Waals surface area contributed by atoms with Gasteiger partial charge in [0.2, 0.25) is 11.8 Å². The zero-order chi connectivity index (χ0) is 30.5. The second kappa shape index (κ2) is 13.5. The Balaban J connectivity index is 1.34. The molecule has 5 rings (SSSR count). The van der Waals surface area contributed by atoms with Gasteiger partial charge in [-0.25, -0.2) is 0 Å². The number of hydrogen-bond donors (Lipinski definition) is 4. The topological polar surface area (TPSA) is 132 Å². The number of furan rings is 1. The molecule has 9 heteroatoms. The second-order valence-electron chi connectivity index (χ2n) is 11.2. The van der Waals surface area contributed by atoms with Crippen LogP contribution in [0.3, 0.4) is 0 Å². The summed E-state index contributed by atoms with van der Waals surface area (Å²) in [7, 11) is 1.55. The Bertz CT molecular complexity index is 1490. The molecular formula is C34H38N2O7. The summed E-state index contributed by atoms with van der Waals surface area (Å²) in [4.78, 5) is 28.7. The number of imide groups is 1. The number of para-hydroxylation sites is 1. The maximum atomic E-state index is 13.8. The lowest BCUT2D eigenvalue weighted by atomic mass is 9.68. The first-order chi connectivity index (χ1) is 20.8. The normalized spacial score (nSPS) is 21.4. The van der Waals surface area contributed by atoms with Gasteiger partial charge in [0.1, 0.15) is 18.1 Å². The molecule has 4 N–H and O–H groups in total. The molecule has 0 unspecified atom stereocenters. The summed E-state index contributed by atoms with van der Waals surface area (Å²) in [6.45, 7) is 1.57. The van der Waals surface area contributed by atoms with Crippen LogP contribution in [-0.4, -0.2) is 53.6 Å². The Morgan fingerprint density at radius 1 is 1.05 bits per heavy atom. The van der Waals surface area contributed by atoms with Crippen LogP contribution in [0, 0.1) is 17.8 Å². The molecule has 1 aliphatic carbocycles. The molecule has 3 aromatic rings. The highest BCUT2D eigenvalue weighted by molar-refractivity contribution is 6.22. The average Bonchev–Trinajstić information content (AvgIpc) is 3.57. The molecule has 0 spiro atoms. The van der Waals surface area contributed by atoms with Crippen molar-refractivity contribution < 1.29 is 34.1 Å². The summed E-state index contributed by atoms with van der Waals surface area (Å²) in [5.74, 6) is -1.72. The SMILES string of the molecule is COCC1=C([C@H](O)CC/C(C)=C/c2ccc(CO)o2)[C@H](CO)[C@@H]2C(=O)N(c3ccc(Nc4ccccc4)cc3)C(=O)[C@@H]2C1. The van der Waals surface area contributed by atoms with Gasteiger partial charge in [-0.2, -0.15) is 0 Å². The number of rotatable bonds is 12. The van der Waals surface area contributed by atoms with E-state index in [2.05, 4.69) is 5.32 Å². The fraction of sp³-hybridized carbons (Fsp3) is 0.353. The Morgan fingerprint density at radius 2 is 1.77 bits per heavy atom. The van der Waals surface area contributed by atoms with Crippen LogP contribution >= 0.6 is 0 Å². The highest BCUT2D eigenvalue weighted by Gasteiger charge is 2.55. The van der Waals surface area contributed by atoms with Crippen LogP contribution in [0.4, 0.5) is 17.1 Å². The number of nitrogens with one attached hydrogen (secondary N) is 1. The maximum Gasteiger partial charge on any atom is 0.238 e. The van der Waals surface area contributed by atoms with Gasteiger partial charge in [-0.3, -0.25) is 14.5 Å². The smallest absolute Gasteiger partial charge is 0.238 e. The summed E-state index contributed by atoms with van der Waals surface area (Å²) >= 11 is 0. The summed E-state index contributed by atoms with van der Waals surface area (Å²) in [6, 6.07) is 20.3. The van der Waals surface area contributed by atoms with E-state index in [0.717, 1.165) is 22.5 Å². The minimum Gasteiger partial charge on any atom is -0.459 e. The molecule has 1 aliphatic heterocycles. The number of aliphatic hydroxyl groups excluding tert-OH is 3. The van der Waals surface area contributed by atoms with Gasteiger partial charge in [-0.05, 0) is 91.9 Å². The van der Waals surface area contributed by atoms with E-state index in [4.69, 9.17) is 9.15 Å². The number of ether oxygens (including phenoxy) is 1. The van der Waals surface area contributed by atoms with Crippen LogP contribution in [0.25, 0.3) is 6.08 Å². The van der Waals surface area contributed by atoms with Crippen molar-refractivity contribution in [1.82, 2.24) is 0 Å². The van der Waals surface area contributed by atoms with E-state index >= 15 is 0 Å². The number of amides is 2.